The van der Waals surface area contributed by atoms with Crippen molar-refractivity contribution in [3.05, 3.63) is 34.8 Å². The Kier molecular flexibility index (Phi) is 4.57. The molecule has 4 N–H and O–H groups in total. The van der Waals surface area contributed by atoms with Crippen LogP contribution in [-0.2, 0) is 9.31 Å². The molecule has 1 saturated heterocycles. The van der Waals surface area contributed by atoms with Gasteiger partial charge in [-0.1, -0.05) is 6.08 Å². The third kappa shape index (κ3) is 3.42. The van der Waals surface area contributed by atoms with Gasteiger partial charge in [0.05, 0.1) is 16.8 Å². The number of phenols is 1. The Morgan fingerprint density at radius 2 is 1.83 bits per heavy atom. The smallest absolute Gasteiger partial charge is 0.491 e. The van der Waals surface area contributed by atoms with E-state index in [1.165, 1.54) is 18.2 Å². The van der Waals surface area contributed by atoms with Crippen LogP contribution in [0.15, 0.2) is 23.7 Å². The minimum Gasteiger partial charge on any atom is -0.507 e. The monoisotopic (exact) mass is 319 g/mol. The third-order valence-electron chi connectivity index (χ3n) is 4.41. The Balaban J connectivity index is 2.37. The van der Waals surface area contributed by atoms with E-state index >= 15 is 0 Å². The van der Waals surface area contributed by atoms with Crippen molar-refractivity contribution >= 4 is 19.2 Å². The first-order valence-corrected chi connectivity index (χ1v) is 7.40. The number of aromatic carboxylic acids is 1. The molecule has 1 aromatic carbocycles. The topological polar surface area (TPSA) is 102 Å². The molecule has 0 radical (unpaired) electrons. The molecule has 0 aliphatic carbocycles. The second kappa shape index (κ2) is 6.00. The van der Waals surface area contributed by atoms with E-state index in [0.717, 1.165) is 0 Å². The van der Waals surface area contributed by atoms with Crippen molar-refractivity contribution in [2.75, 3.05) is 6.54 Å². The molecular formula is C16H22BNO5. The van der Waals surface area contributed by atoms with Crippen LogP contribution in [0, 0.1) is 0 Å². The summed E-state index contributed by atoms with van der Waals surface area (Å²) < 4.78 is 11.9. The molecule has 2 rings (SSSR count). The minimum atomic E-state index is -1.07. The normalized spacial score (nSPS) is 19.9. The van der Waals surface area contributed by atoms with Gasteiger partial charge in [0, 0.05) is 12.1 Å². The largest absolute Gasteiger partial charge is 0.507 e. The average Bonchev–Trinajstić information content (AvgIpc) is 2.66. The summed E-state index contributed by atoms with van der Waals surface area (Å²) in [4.78, 5) is 11.1. The lowest BCUT2D eigenvalue weighted by Gasteiger charge is -2.32. The van der Waals surface area contributed by atoms with Gasteiger partial charge < -0.3 is 25.3 Å². The number of aromatic hydroxyl groups is 1. The molecule has 1 aromatic rings. The first-order valence-electron chi connectivity index (χ1n) is 7.40. The molecule has 0 atom stereocenters. The van der Waals surface area contributed by atoms with Crippen molar-refractivity contribution in [2.45, 2.75) is 38.9 Å². The van der Waals surface area contributed by atoms with E-state index in [4.69, 9.17) is 20.1 Å². The molecule has 1 aliphatic heterocycles. The zero-order valence-corrected chi connectivity index (χ0v) is 13.8. The lowest BCUT2D eigenvalue weighted by Crippen LogP contribution is -2.41. The van der Waals surface area contributed by atoms with Gasteiger partial charge in [-0.3, -0.25) is 0 Å². The first-order chi connectivity index (χ1) is 10.6. The van der Waals surface area contributed by atoms with Crippen molar-refractivity contribution in [3.63, 3.8) is 0 Å². The van der Waals surface area contributed by atoms with Gasteiger partial charge in [0.1, 0.15) is 5.75 Å². The van der Waals surface area contributed by atoms with Crippen molar-refractivity contribution in [1.82, 2.24) is 0 Å². The summed E-state index contributed by atoms with van der Waals surface area (Å²) in [5, 5.41) is 19.0. The maximum atomic E-state index is 11.1. The molecule has 0 unspecified atom stereocenters. The van der Waals surface area contributed by atoms with Crippen LogP contribution in [0.5, 0.6) is 5.75 Å². The molecule has 1 heterocycles. The Bertz CT molecular complexity index is 638. The SMILES string of the molecule is CC1(C)OB(C(=Cc2cc(C(=O)O)ccc2O)CN)OC1(C)C. The standard InChI is InChI=1S/C16H22BNO5/c1-15(2)16(3,4)23-17(22-15)12(9-18)8-11-7-10(14(20)21)5-6-13(11)19/h5-8,19H,9,18H2,1-4H3,(H,20,21). The highest BCUT2D eigenvalue weighted by atomic mass is 16.7. The summed E-state index contributed by atoms with van der Waals surface area (Å²) in [6.07, 6.45) is 1.62. The fourth-order valence-electron chi connectivity index (χ4n) is 2.22. The average molecular weight is 319 g/mol. The second-order valence-corrected chi connectivity index (χ2v) is 6.59. The van der Waals surface area contributed by atoms with E-state index in [2.05, 4.69) is 0 Å². The van der Waals surface area contributed by atoms with Crippen LogP contribution < -0.4 is 5.73 Å². The van der Waals surface area contributed by atoms with Gasteiger partial charge in [-0.25, -0.2) is 4.79 Å². The molecule has 124 valence electrons. The van der Waals surface area contributed by atoms with Gasteiger partial charge in [-0.05, 0) is 51.4 Å². The Hall–Kier alpha value is -1.83. The molecule has 7 heteroatoms. The predicted molar refractivity (Wildman–Crippen MR) is 88.2 cm³/mol. The van der Waals surface area contributed by atoms with Crippen LogP contribution in [0.1, 0.15) is 43.6 Å². The summed E-state index contributed by atoms with van der Waals surface area (Å²) in [5.74, 6) is -1.10. The lowest BCUT2D eigenvalue weighted by molar-refractivity contribution is 0.00578. The van der Waals surface area contributed by atoms with Gasteiger partial charge >= 0.3 is 13.1 Å². The molecule has 1 fully saturated rings. The predicted octanol–water partition coefficient (Wildman–Crippen LogP) is 2.06. The highest BCUT2D eigenvalue weighted by Gasteiger charge is 2.52. The summed E-state index contributed by atoms with van der Waals surface area (Å²) in [5.41, 5.74) is 5.86. The van der Waals surface area contributed by atoms with Gasteiger partial charge in [0.15, 0.2) is 0 Å². The molecule has 23 heavy (non-hydrogen) atoms. The Morgan fingerprint density at radius 1 is 1.26 bits per heavy atom. The van der Waals surface area contributed by atoms with Crippen LogP contribution in [0.4, 0.5) is 0 Å². The van der Waals surface area contributed by atoms with Crippen LogP contribution in [-0.4, -0.2) is 41.0 Å². The molecule has 6 nitrogen and oxygen atoms in total. The number of nitrogens with two attached hydrogens (primary N) is 1. The van der Waals surface area contributed by atoms with Gasteiger partial charge in [0.25, 0.3) is 0 Å². The highest BCUT2D eigenvalue weighted by molar-refractivity contribution is 6.56. The highest BCUT2D eigenvalue weighted by Crippen LogP contribution is 2.39. The first kappa shape index (κ1) is 17.5. The number of benzene rings is 1. The fraction of sp³-hybridized carbons (Fsp3) is 0.438. The summed E-state index contributed by atoms with van der Waals surface area (Å²) >= 11 is 0. The van der Waals surface area contributed by atoms with E-state index in [1.54, 1.807) is 6.08 Å². The Labute approximate surface area is 136 Å². The third-order valence-corrected chi connectivity index (χ3v) is 4.41. The number of carboxylic acid groups (broad SMARTS) is 1. The summed E-state index contributed by atoms with van der Waals surface area (Å²) in [6.45, 7) is 7.90. The van der Waals surface area contributed by atoms with E-state index in [9.17, 15) is 9.90 Å². The van der Waals surface area contributed by atoms with Crippen LogP contribution >= 0.6 is 0 Å². The molecule has 0 saturated carbocycles. The molecule has 0 spiro atoms. The number of carbonyl (C=O) groups is 1. The fourth-order valence-corrected chi connectivity index (χ4v) is 2.22. The summed E-state index contributed by atoms with van der Waals surface area (Å²) in [7, 11) is -0.641. The van der Waals surface area contributed by atoms with Gasteiger partial charge in [-0.2, -0.15) is 0 Å². The van der Waals surface area contributed by atoms with E-state index < -0.39 is 24.3 Å². The van der Waals surface area contributed by atoms with Crippen LogP contribution in [0.2, 0.25) is 0 Å². The molecular weight excluding hydrogens is 297 g/mol. The maximum Gasteiger partial charge on any atom is 0.491 e. The maximum absolute atomic E-state index is 11.1. The number of phenolic OH excluding ortho intramolecular Hbond substituents is 1. The molecule has 1 aliphatic rings. The van der Waals surface area contributed by atoms with Crippen LogP contribution in [0.25, 0.3) is 6.08 Å². The van der Waals surface area contributed by atoms with Crippen molar-refractivity contribution in [2.24, 2.45) is 5.73 Å². The van der Waals surface area contributed by atoms with Gasteiger partial charge in [-0.15, -0.1) is 0 Å². The van der Waals surface area contributed by atoms with E-state index in [1.807, 2.05) is 27.7 Å². The Morgan fingerprint density at radius 3 is 2.30 bits per heavy atom. The minimum absolute atomic E-state index is 0.0301. The van der Waals surface area contributed by atoms with Gasteiger partial charge in [0.2, 0.25) is 0 Å². The van der Waals surface area contributed by atoms with Crippen molar-refractivity contribution < 1.29 is 24.3 Å². The van der Waals surface area contributed by atoms with Crippen molar-refractivity contribution in [1.29, 1.82) is 0 Å². The number of hydrogen-bond donors (Lipinski definition) is 3. The zero-order valence-electron chi connectivity index (χ0n) is 13.8. The van der Waals surface area contributed by atoms with Crippen LogP contribution in [0.3, 0.4) is 0 Å². The van der Waals surface area contributed by atoms with Crippen molar-refractivity contribution in [3.8, 4) is 5.75 Å². The number of carboxylic acids is 1. The number of hydrogen-bond acceptors (Lipinski definition) is 5. The second-order valence-electron chi connectivity index (χ2n) is 6.59. The lowest BCUT2D eigenvalue weighted by atomic mass is 9.77. The van der Waals surface area contributed by atoms with E-state index in [-0.39, 0.29) is 17.9 Å². The number of rotatable bonds is 4. The van der Waals surface area contributed by atoms with E-state index in [0.29, 0.717) is 11.0 Å². The zero-order chi connectivity index (χ0) is 17.4. The quantitative estimate of drug-likeness (QED) is 0.734. The molecule has 0 aromatic heterocycles. The molecule has 0 bridgehead atoms. The summed E-state index contributed by atoms with van der Waals surface area (Å²) in [6, 6.07) is 4.07. The molecule has 0 amide bonds.